The van der Waals surface area contributed by atoms with Gasteiger partial charge in [-0.05, 0) is 85.3 Å². The van der Waals surface area contributed by atoms with Crippen LogP contribution in [0.1, 0.15) is 102 Å². The third-order valence-corrected chi connectivity index (χ3v) is 12.6. The van der Waals surface area contributed by atoms with Gasteiger partial charge in [-0.2, -0.15) is 0 Å². The van der Waals surface area contributed by atoms with E-state index in [2.05, 4.69) is 175 Å². The average molecular weight is 786 g/mol. The van der Waals surface area contributed by atoms with Gasteiger partial charge in [-0.1, -0.05) is 181 Å². The Balaban J connectivity index is 1.23. The first-order chi connectivity index (χ1) is 29.7. The standard InChI is InChI=1S/C57H59N3/c1-3-5-7-9-11-14-24-42-26-22-28-44(38-42)52-40-47(41-53(58-52)45-29-23-27-43(39-45)25-15-12-10-8-6-4-2)60-55-35-21-19-33-49(55)51-37-36-50-48-32-18-20-34-54(48)59(56(50)57(51)60)46-30-16-13-17-31-46/h13,16-23,26-41H,3-12,14-15,24-25H2,1-2H3. The third kappa shape index (κ3) is 8.15. The van der Waals surface area contributed by atoms with Crippen LogP contribution in [0.3, 0.4) is 0 Å². The molecule has 3 heteroatoms. The lowest BCUT2D eigenvalue weighted by molar-refractivity contribution is 0.607. The van der Waals surface area contributed by atoms with Gasteiger partial charge in [-0.3, -0.25) is 0 Å². The molecule has 3 nitrogen and oxygen atoms in total. The number of aromatic nitrogens is 3. The molecular formula is C57H59N3. The van der Waals surface area contributed by atoms with Crippen LogP contribution in [0.2, 0.25) is 0 Å². The van der Waals surface area contributed by atoms with Crippen molar-refractivity contribution >= 4 is 43.6 Å². The maximum Gasteiger partial charge on any atom is 0.0788 e. The van der Waals surface area contributed by atoms with E-state index < -0.39 is 0 Å². The van der Waals surface area contributed by atoms with E-state index in [0.717, 1.165) is 35.6 Å². The number of hydrogen-bond donors (Lipinski definition) is 0. The lowest BCUT2D eigenvalue weighted by Crippen LogP contribution is -2.01. The quantitative estimate of drug-likeness (QED) is 0.0795. The fourth-order valence-electron chi connectivity index (χ4n) is 9.55. The van der Waals surface area contributed by atoms with E-state index in [1.165, 1.54) is 143 Å². The summed E-state index contributed by atoms with van der Waals surface area (Å²) in [7, 11) is 0. The molecule has 3 heterocycles. The zero-order valence-corrected chi connectivity index (χ0v) is 35.7. The Morgan fingerprint density at radius 3 is 1.33 bits per heavy atom. The molecule has 0 fully saturated rings. The number of para-hydroxylation sites is 3. The second-order valence-corrected chi connectivity index (χ2v) is 16.9. The number of aryl methyl sites for hydroxylation is 2. The summed E-state index contributed by atoms with van der Waals surface area (Å²) >= 11 is 0. The first kappa shape index (κ1) is 39.5. The predicted molar refractivity (Wildman–Crippen MR) is 258 cm³/mol. The van der Waals surface area contributed by atoms with E-state index in [-0.39, 0.29) is 0 Å². The molecule has 3 aromatic heterocycles. The zero-order valence-electron chi connectivity index (χ0n) is 35.7. The topological polar surface area (TPSA) is 22.8 Å². The van der Waals surface area contributed by atoms with Gasteiger partial charge in [0.1, 0.15) is 0 Å². The van der Waals surface area contributed by atoms with Crippen LogP contribution >= 0.6 is 0 Å². The number of unbranched alkanes of at least 4 members (excludes halogenated alkanes) is 10. The van der Waals surface area contributed by atoms with Crippen molar-refractivity contribution in [3.05, 3.63) is 163 Å². The van der Waals surface area contributed by atoms with Crippen molar-refractivity contribution < 1.29 is 0 Å². The van der Waals surface area contributed by atoms with Gasteiger partial charge in [-0.15, -0.1) is 0 Å². The first-order valence-corrected chi connectivity index (χ1v) is 22.9. The van der Waals surface area contributed by atoms with Gasteiger partial charge in [0.2, 0.25) is 0 Å². The highest BCUT2D eigenvalue weighted by atomic mass is 15.0. The van der Waals surface area contributed by atoms with Gasteiger partial charge in [0.25, 0.3) is 0 Å². The van der Waals surface area contributed by atoms with Crippen LogP contribution in [0.5, 0.6) is 0 Å². The molecule has 0 bridgehead atoms. The molecule has 0 amide bonds. The Labute approximate surface area is 356 Å². The van der Waals surface area contributed by atoms with Crippen molar-refractivity contribution in [1.82, 2.24) is 14.1 Å². The monoisotopic (exact) mass is 785 g/mol. The Morgan fingerprint density at radius 2 is 0.817 bits per heavy atom. The highest BCUT2D eigenvalue weighted by molar-refractivity contribution is 6.23. The molecule has 0 radical (unpaired) electrons. The molecule has 0 aliphatic carbocycles. The molecule has 0 N–H and O–H groups in total. The van der Waals surface area contributed by atoms with Crippen LogP contribution in [0.4, 0.5) is 0 Å². The minimum Gasteiger partial charge on any atom is -0.307 e. The van der Waals surface area contributed by atoms with Crippen molar-refractivity contribution in [3.8, 4) is 33.9 Å². The molecule has 302 valence electrons. The Kier molecular flexibility index (Phi) is 12.2. The van der Waals surface area contributed by atoms with Gasteiger partial charge in [0.05, 0.1) is 39.1 Å². The van der Waals surface area contributed by atoms with Gasteiger partial charge < -0.3 is 9.13 Å². The zero-order chi connectivity index (χ0) is 40.7. The van der Waals surface area contributed by atoms with E-state index in [0.29, 0.717) is 0 Å². The Hall–Kier alpha value is -5.93. The summed E-state index contributed by atoms with van der Waals surface area (Å²) in [5.74, 6) is 0. The second kappa shape index (κ2) is 18.6. The molecule has 6 aromatic carbocycles. The van der Waals surface area contributed by atoms with E-state index in [9.17, 15) is 0 Å². The summed E-state index contributed by atoms with van der Waals surface area (Å²) in [6.07, 6.45) is 17.8. The van der Waals surface area contributed by atoms with Gasteiger partial charge in [0, 0.05) is 38.4 Å². The minimum absolute atomic E-state index is 1.01. The highest BCUT2D eigenvalue weighted by Crippen LogP contribution is 2.42. The summed E-state index contributed by atoms with van der Waals surface area (Å²) in [6, 6.07) is 56.4. The molecular weight excluding hydrogens is 727 g/mol. The fraction of sp³-hybridized carbons (Fsp3) is 0.281. The molecule has 0 saturated carbocycles. The fourth-order valence-corrected chi connectivity index (χ4v) is 9.55. The van der Waals surface area contributed by atoms with Gasteiger partial charge in [-0.25, -0.2) is 4.98 Å². The number of rotatable bonds is 18. The van der Waals surface area contributed by atoms with E-state index >= 15 is 0 Å². The van der Waals surface area contributed by atoms with Crippen molar-refractivity contribution in [2.24, 2.45) is 0 Å². The molecule has 60 heavy (non-hydrogen) atoms. The van der Waals surface area contributed by atoms with Crippen molar-refractivity contribution in [2.45, 2.75) is 104 Å². The summed E-state index contributed by atoms with van der Waals surface area (Å²) in [5.41, 5.74) is 14.3. The summed E-state index contributed by atoms with van der Waals surface area (Å²) in [5, 5.41) is 5.02. The number of pyridine rings is 1. The van der Waals surface area contributed by atoms with Crippen LogP contribution < -0.4 is 0 Å². The lowest BCUT2D eigenvalue weighted by atomic mass is 10.00. The Bertz CT molecular complexity index is 2780. The molecule has 0 aliphatic rings. The molecule has 9 aromatic rings. The summed E-state index contributed by atoms with van der Waals surface area (Å²) in [6.45, 7) is 4.58. The van der Waals surface area contributed by atoms with Crippen LogP contribution in [0.15, 0.2) is 152 Å². The van der Waals surface area contributed by atoms with Crippen LogP contribution in [-0.2, 0) is 12.8 Å². The smallest absolute Gasteiger partial charge is 0.0788 e. The SMILES string of the molecule is CCCCCCCCc1cccc(-c2cc(-n3c4ccccc4c4ccc5c6ccccc6n(-c6ccccc6)c5c43)cc(-c3cccc(CCCCCCCC)c3)n2)c1. The van der Waals surface area contributed by atoms with Gasteiger partial charge in [0.15, 0.2) is 0 Å². The van der Waals surface area contributed by atoms with E-state index in [1.807, 2.05) is 0 Å². The number of fused-ring (bicyclic) bond motifs is 7. The van der Waals surface area contributed by atoms with Gasteiger partial charge >= 0.3 is 0 Å². The van der Waals surface area contributed by atoms with Crippen LogP contribution in [-0.4, -0.2) is 14.1 Å². The molecule has 9 rings (SSSR count). The maximum absolute atomic E-state index is 5.53. The molecule has 0 aliphatic heterocycles. The van der Waals surface area contributed by atoms with Crippen LogP contribution in [0.25, 0.3) is 77.5 Å². The summed E-state index contributed by atoms with van der Waals surface area (Å²) < 4.78 is 5.00. The molecule has 0 atom stereocenters. The van der Waals surface area contributed by atoms with E-state index in [4.69, 9.17) is 4.98 Å². The molecule has 0 saturated heterocycles. The average Bonchev–Trinajstić information content (AvgIpc) is 3.82. The molecule has 0 unspecified atom stereocenters. The van der Waals surface area contributed by atoms with Crippen molar-refractivity contribution in [2.75, 3.05) is 0 Å². The Morgan fingerprint density at radius 1 is 0.367 bits per heavy atom. The number of nitrogens with zero attached hydrogens (tertiary/aromatic N) is 3. The first-order valence-electron chi connectivity index (χ1n) is 22.9. The summed E-state index contributed by atoms with van der Waals surface area (Å²) in [4.78, 5) is 5.53. The molecule has 0 spiro atoms. The number of hydrogen-bond acceptors (Lipinski definition) is 1. The van der Waals surface area contributed by atoms with Crippen molar-refractivity contribution in [1.29, 1.82) is 0 Å². The second-order valence-electron chi connectivity index (χ2n) is 16.9. The lowest BCUT2D eigenvalue weighted by Gasteiger charge is -2.16. The largest absolute Gasteiger partial charge is 0.307 e. The van der Waals surface area contributed by atoms with E-state index in [1.54, 1.807) is 0 Å². The predicted octanol–water partition coefficient (Wildman–Crippen LogP) is 16.4. The number of benzene rings is 6. The third-order valence-electron chi connectivity index (χ3n) is 12.6. The van der Waals surface area contributed by atoms with Crippen molar-refractivity contribution in [3.63, 3.8) is 0 Å². The normalized spacial score (nSPS) is 11.8. The maximum atomic E-state index is 5.53. The van der Waals surface area contributed by atoms with Crippen LogP contribution in [0, 0.1) is 0 Å². The highest BCUT2D eigenvalue weighted by Gasteiger charge is 2.22. The minimum atomic E-state index is 1.01.